The number of hydrogen-bond donors (Lipinski definition) is 1. The Morgan fingerprint density at radius 2 is 1.65 bits per heavy atom. The normalized spacial score (nSPS) is 13.1. The second kappa shape index (κ2) is 7.62. The minimum absolute atomic E-state index is 0.0407. The number of nitrogens with zero attached hydrogens (tertiary/aromatic N) is 1. The van der Waals surface area contributed by atoms with E-state index in [0.29, 0.717) is 13.1 Å². The molecule has 0 aliphatic heterocycles. The Kier molecular flexibility index (Phi) is 4.88. The first-order valence-corrected chi connectivity index (χ1v) is 8.95. The van der Waals surface area contributed by atoms with Crippen LogP contribution in [0.2, 0.25) is 0 Å². The number of fused-ring (bicyclic) bond motifs is 1. The van der Waals surface area contributed by atoms with Gasteiger partial charge in [-0.25, -0.2) is 0 Å². The first-order chi connectivity index (χ1) is 12.8. The van der Waals surface area contributed by atoms with Crippen LogP contribution in [0.3, 0.4) is 0 Å². The van der Waals surface area contributed by atoms with Crippen molar-refractivity contribution >= 4 is 11.6 Å². The van der Waals surface area contributed by atoms with Gasteiger partial charge in [-0.05, 0) is 66.8 Å². The highest BCUT2D eigenvalue weighted by atomic mass is 16.3. The summed E-state index contributed by atoms with van der Waals surface area (Å²) in [6.07, 6.45) is 6.73. The molecule has 0 unspecified atom stereocenters. The summed E-state index contributed by atoms with van der Waals surface area (Å²) in [6.45, 7) is 1.36. The summed E-state index contributed by atoms with van der Waals surface area (Å²) in [5.41, 5.74) is 3.62. The first kappa shape index (κ1) is 16.7. The molecule has 1 aromatic carbocycles. The van der Waals surface area contributed by atoms with E-state index in [-0.39, 0.29) is 12.5 Å². The number of aryl methyl sites for hydroxylation is 2. The van der Waals surface area contributed by atoms with Crippen molar-refractivity contribution in [2.75, 3.05) is 11.9 Å². The number of rotatable bonds is 7. The molecule has 5 nitrogen and oxygen atoms in total. The zero-order chi connectivity index (χ0) is 17.8. The second-order valence-electron chi connectivity index (χ2n) is 6.69. The molecule has 0 saturated carbocycles. The van der Waals surface area contributed by atoms with Gasteiger partial charge in [0.2, 0.25) is 5.91 Å². The molecule has 26 heavy (non-hydrogen) atoms. The van der Waals surface area contributed by atoms with Crippen LogP contribution in [0.25, 0.3) is 0 Å². The number of nitrogens with one attached hydrogen (secondary N) is 1. The standard InChI is InChI=1S/C21H22N2O3/c24-21(22-18-9-8-16-4-1-5-17(16)12-18)15-23(13-19-6-2-10-25-19)14-20-7-3-11-26-20/h2-3,6-12H,1,4-5,13-15H2,(H,22,24). The molecule has 1 amide bonds. The van der Waals surface area contributed by atoms with Gasteiger partial charge in [-0.3, -0.25) is 9.69 Å². The van der Waals surface area contributed by atoms with Crippen molar-refractivity contribution in [3.63, 3.8) is 0 Å². The number of carbonyl (C=O) groups excluding carboxylic acids is 1. The summed E-state index contributed by atoms with van der Waals surface area (Å²) in [5.74, 6) is 1.60. The van der Waals surface area contributed by atoms with Crippen LogP contribution in [0.5, 0.6) is 0 Å². The summed E-state index contributed by atoms with van der Waals surface area (Å²) in [6, 6.07) is 13.7. The van der Waals surface area contributed by atoms with Crippen LogP contribution in [-0.4, -0.2) is 17.4 Å². The number of amides is 1. The maximum atomic E-state index is 12.6. The lowest BCUT2D eigenvalue weighted by Gasteiger charge is -2.19. The van der Waals surface area contributed by atoms with Crippen LogP contribution in [-0.2, 0) is 30.7 Å². The minimum Gasteiger partial charge on any atom is -0.468 e. The van der Waals surface area contributed by atoms with Crippen LogP contribution in [0.4, 0.5) is 5.69 Å². The lowest BCUT2D eigenvalue weighted by Crippen LogP contribution is -2.32. The largest absolute Gasteiger partial charge is 0.468 e. The highest BCUT2D eigenvalue weighted by Crippen LogP contribution is 2.25. The summed E-state index contributed by atoms with van der Waals surface area (Å²) in [7, 11) is 0. The van der Waals surface area contributed by atoms with Crippen LogP contribution in [0.1, 0.15) is 29.1 Å². The van der Waals surface area contributed by atoms with Crippen molar-refractivity contribution < 1.29 is 13.6 Å². The summed E-state index contributed by atoms with van der Waals surface area (Å²) < 4.78 is 10.9. The van der Waals surface area contributed by atoms with E-state index in [9.17, 15) is 4.79 Å². The van der Waals surface area contributed by atoms with Gasteiger partial charge in [0, 0.05) is 5.69 Å². The first-order valence-electron chi connectivity index (χ1n) is 8.95. The predicted molar refractivity (Wildman–Crippen MR) is 98.6 cm³/mol. The number of carbonyl (C=O) groups is 1. The van der Waals surface area contributed by atoms with E-state index >= 15 is 0 Å². The van der Waals surface area contributed by atoms with E-state index in [1.54, 1.807) is 12.5 Å². The number of anilines is 1. The van der Waals surface area contributed by atoms with E-state index in [1.165, 1.54) is 17.5 Å². The zero-order valence-electron chi connectivity index (χ0n) is 14.6. The van der Waals surface area contributed by atoms with Crippen molar-refractivity contribution in [1.29, 1.82) is 0 Å². The van der Waals surface area contributed by atoms with Crippen LogP contribution in [0.15, 0.2) is 63.8 Å². The molecule has 1 N–H and O–H groups in total. The van der Waals surface area contributed by atoms with Crippen molar-refractivity contribution in [3.8, 4) is 0 Å². The molecule has 0 atom stereocenters. The molecule has 0 fully saturated rings. The SMILES string of the molecule is O=C(CN(Cc1ccco1)Cc1ccco1)Nc1ccc2c(c1)CCC2. The van der Waals surface area contributed by atoms with Gasteiger partial charge in [0.1, 0.15) is 11.5 Å². The fourth-order valence-electron chi connectivity index (χ4n) is 3.47. The molecular weight excluding hydrogens is 328 g/mol. The maximum absolute atomic E-state index is 12.6. The monoisotopic (exact) mass is 350 g/mol. The van der Waals surface area contributed by atoms with Crippen LogP contribution >= 0.6 is 0 Å². The summed E-state index contributed by atoms with van der Waals surface area (Å²) in [5, 5.41) is 3.02. The molecule has 3 aromatic rings. The fraction of sp³-hybridized carbons (Fsp3) is 0.286. The summed E-state index contributed by atoms with van der Waals surface area (Å²) >= 11 is 0. The molecule has 4 rings (SSSR count). The van der Waals surface area contributed by atoms with E-state index in [2.05, 4.69) is 17.4 Å². The van der Waals surface area contributed by atoms with Gasteiger partial charge in [-0.2, -0.15) is 0 Å². The Morgan fingerprint density at radius 3 is 2.31 bits per heavy atom. The summed E-state index contributed by atoms with van der Waals surface area (Å²) in [4.78, 5) is 14.6. The predicted octanol–water partition coefficient (Wildman–Crippen LogP) is 4.00. The lowest BCUT2D eigenvalue weighted by molar-refractivity contribution is -0.117. The minimum atomic E-state index is -0.0407. The van der Waals surface area contributed by atoms with E-state index in [0.717, 1.165) is 30.0 Å². The molecule has 2 heterocycles. The third kappa shape index (κ3) is 4.06. The van der Waals surface area contributed by atoms with Crippen molar-refractivity contribution in [1.82, 2.24) is 4.90 Å². The van der Waals surface area contributed by atoms with Gasteiger partial charge in [0.15, 0.2) is 0 Å². The quantitative estimate of drug-likeness (QED) is 0.700. The van der Waals surface area contributed by atoms with E-state index in [4.69, 9.17) is 8.83 Å². The van der Waals surface area contributed by atoms with Crippen LogP contribution < -0.4 is 5.32 Å². The van der Waals surface area contributed by atoms with Gasteiger partial charge >= 0.3 is 0 Å². The second-order valence-corrected chi connectivity index (χ2v) is 6.69. The van der Waals surface area contributed by atoms with Gasteiger partial charge in [0.05, 0.1) is 32.2 Å². The molecule has 134 valence electrons. The Labute approximate surface area is 152 Å². The molecule has 0 spiro atoms. The number of furan rings is 2. The van der Waals surface area contributed by atoms with Gasteiger partial charge in [0.25, 0.3) is 0 Å². The zero-order valence-corrected chi connectivity index (χ0v) is 14.6. The van der Waals surface area contributed by atoms with Crippen LogP contribution in [0, 0.1) is 0 Å². The molecule has 0 radical (unpaired) electrons. The molecule has 1 aliphatic rings. The number of benzene rings is 1. The molecule has 0 saturated heterocycles. The number of hydrogen-bond acceptors (Lipinski definition) is 4. The molecular formula is C21H22N2O3. The van der Waals surface area contributed by atoms with Crippen molar-refractivity contribution in [3.05, 3.63) is 77.6 Å². The third-order valence-corrected chi connectivity index (χ3v) is 4.67. The Bertz CT molecular complexity index is 817. The average Bonchev–Trinajstić information content (AvgIpc) is 3.36. The highest BCUT2D eigenvalue weighted by Gasteiger charge is 2.16. The molecule has 5 heteroatoms. The van der Waals surface area contributed by atoms with E-state index in [1.807, 2.05) is 35.2 Å². The molecule has 0 bridgehead atoms. The van der Waals surface area contributed by atoms with Gasteiger partial charge in [-0.1, -0.05) is 6.07 Å². The average molecular weight is 350 g/mol. The smallest absolute Gasteiger partial charge is 0.238 e. The highest BCUT2D eigenvalue weighted by molar-refractivity contribution is 5.92. The van der Waals surface area contributed by atoms with E-state index < -0.39 is 0 Å². The third-order valence-electron chi connectivity index (χ3n) is 4.67. The Hall–Kier alpha value is -2.79. The lowest BCUT2D eigenvalue weighted by atomic mass is 10.1. The molecule has 1 aliphatic carbocycles. The Morgan fingerprint density at radius 1 is 0.962 bits per heavy atom. The fourth-order valence-corrected chi connectivity index (χ4v) is 3.47. The van der Waals surface area contributed by atoms with Gasteiger partial charge in [-0.15, -0.1) is 0 Å². The van der Waals surface area contributed by atoms with Crippen molar-refractivity contribution in [2.45, 2.75) is 32.4 Å². The molecule has 2 aromatic heterocycles. The maximum Gasteiger partial charge on any atom is 0.238 e. The van der Waals surface area contributed by atoms with Gasteiger partial charge < -0.3 is 14.2 Å². The topological polar surface area (TPSA) is 58.6 Å². The van der Waals surface area contributed by atoms with Crippen molar-refractivity contribution in [2.24, 2.45) is 0 Å². The Balaban J connectivity index is 1.41.